The summed E-state index contributed by atoms with van der Waals surface area (Å²) >= 11 is 0. The van der Waals surface area contributed by atoms with E-state index in [0.717, 1.165) is 43.6 Å². The highest BCUT2D eigenvalue weighted by Gasteiger charge is 2.21. The van der Waals surface area contributed by atoms with E-state index in [1.165, 1.54) is 0 Å². The van der Waals surface area contributed by atoms with Crippen LogP contribution in [0, 0.1) is 0 Å². The maximum Gasteiger partial charge on any atom is 0.255 e. The smallest absolute Gasteiger partial charge is 0.255 e. The largest absolute Gasteiger partial charge is 0.339 e. The Labute approximate surface area is 90.1 Å². The Kier molecular flexibility index (Phi) is 2.99. The first-order valence-electron chi connectivity index (χ1n) is 5.56. The number of rotatable bonds is 2. The molecule has 1 saturated heterocycles. The number of pyridine rings is 1. The van der Waals surface area contributed by atoms with E-state index in [1.807, 2.05) is 24.0 Å². The highest BCUT2D eigenvalue weighted by molar-refractivity contribution is 5.95. The van der Waals surface area contributed by atoms with Crippen LogP contribution in [-0.2, 0) is 6.42 Å². The van der Waals surface area contributed by atoms with Gasteiger partial charge in [-0.15, -0.1) is 0 Å². The molecule has 3 nitrogen and oxygen atoms in total. The summed E-state index contributed by atoms with van der Waals surface area (Å²) in [5, 5.41) is 0. The molecule has 2 rings (SSSR count). The Hall–Kier alpha value is -1.38. The summed E-state index contributed by atoms with van der Waals surface area (Å²) in [5.41, 5.74) is 1.69. The molecule has 0 spiro atoms. The normalized spacial score (nSPS) is 15.7. The van der Waals surface area contributed by atoms with Crippen LogP contribution < -0.4 is 0 Å². The van der Waals surface area contributed by atoms with Gasteiger partial charge in [-0.05, 0) is 31.4 Å². The van der Waals surface area contributed by atoms with Gasteiger partial charge >= 0.3 is 0 Å². The highest BCUT2D eigenvalue weighted by atomic mass is 16.2. The Morgan fingerprint density at radius 1 is 1.47 bits per heavy atom. The quantitative estimate of drug-likeness (QED) is 0.737. The zero-order chi connectivity index (χ0) is 10.7. The molecule has 0 atom stereocenters. The predicted octanol–water partition coefficient (Wildman–Crippen LogP) is 1.88. The lowest BCUT2D eigenvalue weighted by atomic mass is 10.1. The number of aromatic nitrogens is 1. The van der Waals surface area contributed by atoms with Gasteiger partial charge in [0, 0.05) is 19.3 Å². The van der Waals surface area contributed by atoms with Crippen molar-refractivity contribution in [1.29, 1.82) is 0 Å². The fourth-order valence-electron chi connectivity index (χ4n) is 2.01. The van der Waals surface area contributed by atoms with Crippen molar-refractivity contribution in [1.82, 2.24) is 9.88 Å². The molecular formula is C12H16N2O. The zero-order valence-corrected chi connectivity index (χ0v) is 9.07. The molecule has 15 heavy (non-hydrogen) atoms. The third-order valence-corrected chi connectivity index (χ3v) is 2.85. The second-order valence-corrected chi connectivity index (χ2v) is 3.85. The van der Waals surface area contributed by atoms with E-state index >= 15 is 0 Å². The van der Waals surface area contributed by atoms with Crippen molar-refractivity contribution in [3.8, 4) is 0 Å². The van der Waals surface area contributed by atoms with Crippen molar-refractivity contribution in [2.45, 2.75) is 26.2 Å². The average Bonchev–Trinajstić information content (AvgIpc) is 2.81. The summed E-state index contributed by atoms with van der Waals surface area (Å²) in [6.45, 7) is 3.83. The number of amides is 1. The van der Waals surface area contributed by atoms with Crippen LogP contribution in [0.1, 0.15) is 35.8 Å². The summed E-state index contributed by atoms with van der Waals surface area (Å²) < 4.78 is 0. The molecule has 0 radical (unpaired) electrons. The first kappa shape index (κ1) is 10.1. The van der Waals surface area contributed by atoms with E-state index < -0.39 is 0 Å². The summed E-state index contributed by atoms with van der Waals surface area (Å²) in [6, 6.07) is 3.72. The van der Waals surface area contributed by atoms with Gasteiger partial charge in [0.05, 0.1) is 11.3 Å². The number of likely N-dealkylation sites (tertiary alicyclic amines) is 1. The van der Waals surface area contributed by atoms with Gasteiger partial charge in [0.1, 0.15) is 0 Å². The molecule has 0 aromatic carbocycles. The molecule has 0 saturated carbocycles. The summed E-state index contributed by atoms with van der Waals surface area (Å²) in [6.07, 6.45) is 4.83. The molecule has 1 aromatic rings. The van der Waals surface area contributed by atoms with Crippen LogP contribution in [0.25, 0.3) is 0 Å². The van der Waals surface area contributed by atoms with E-state index in [4.69, 9.17) is 0 Å². The molecule has 0 N–H and O–H groups in total. The van der Waals surface area contributed by atoms with Crippen molar-refractivity contribution in [2.75, 3.05) is 13.1 Å². The Morgan fingerprint density at radius 3 is 2.87 bits per heavy atom. The SMILES string of the molecule is CCc1ncccc1C(=O)N1CCCC1. The van der Waals surface area contributed by atoms with E-state index in [2.05, 4.69) is 4.98 Å². The number of hydrogen-bond acceptors (Lipinski definition) is 2. The predicted molar refractivity (Wildman–Crippen MR) is 58.8 cm³/mol. The van der Waals surface area contributed by atoms with Crippen LogP contribution in [0.15, 0.2) is 18.3 Å². The fraction of sp³-hybridized carbons (Fsp3) is 0.500. The number of carbonyl (C=O) groups excluding carboxylic acids is 1. The Balaban J connectivity index is 2.24. The maximum atomic E-state index is 12.1. The van der Waals surface area contributed by atoms with Gasteiger partial charge in [0.15, 0.2) is 0 Å². The molecule has 2 heterocycles. The van der Waals surface area contributed by atoms with Crippen LogP contribution in [0.3, 0.4) is 0 Å². The molecular weight excluding hydrogens is 188 g/mol. The topological polar surface area (TPSA) is 33.2 Å². The Bertz CT molecular complexity index is 356. The van der Waals surface area contributed by atoms with Gasteiger partial charge < -0.3 is 4.90 Å². The first-order chi connectivity index (χ1) is 7.33. The molecule has 0 unspecified atom stereocenters. The van der Waals surface area contributed by atoms with Gasteiger partial charge in [-0.2, -0.15) is 0 Å². The molecule has 1 fully saturated rings. The van der Waals surface area contributed by atoms with E-state index in [-0.39, 0.29) is 5.91 Å². The van der Waals surface area contributed by atoms with E-state index in [9.17, 15) is 4.79 Å². The van der Waals surface area contributed by atoms with Crippen molar-refractivity contribution in [2.24, 2.45) is 0 Å². The van der Waals surface area contributed by atoms with Gasteiger partial charge in [-0.1, -0.05) is 6.92 Å². The molecule has 0 aliphatic carbocycles. The number of carbonyl (C=O) groups is 1. The molecule has 1 aromatic heterocycles. The minimum atomic E-state index is 0.150. The van der Waals surface area contributed by atoms with Crippen LogP contribution in [0.4, 0.5) is 0 Å². The zero-order valence-electron chi connectivity index (χ0n) is 9.07. The highest BCUT2D eigenvalue weighted by Crippen LogP contribution is 2.14. The lowest BCUT2D eigenvalue weighted by molar-refractivity contribution is 0.0791. The van der Waals surface area contributed by atoms with Crippen LogP contribution in [-0.4, -0.2) is 28.9 Å². The van der Waals surface area contributed by atoms with Crippen LogP contribution in [0.5, 0.6) is 0 Å². The lowest BCUT2D eigenvalue weighted by Gasteiger charge is -2.16. The van der Waals surface area contributed by atoms with E-state index in [0.29, 0.717) is 0 Å². The number of hydrogen-bond donors (Lipinski definition) is 0. The molecule has 1 amide bonds. The summed E-state index contributed by atoms with van der Waals surface area (Å²) in [5.74, 6) is 0.150. The van der Waals surface area contributed by atoms with Gasteiger partial charge in [-0.25, -0.2) is 0 Å². The van der Waals surface area contributed by atoms with Crippen molar-refractivity contribution < 1.29 is 4.79 Å². The maximum absolute atomic E-state index is 12.1. The second-order valence-electron chi connectivity index (χ2n) is 3.85. The van der Waals surface area contributed by atoms with Crippen molar-refractivity contribution in [3.05, 3.63) is 29.6 Å². The Morgan fingerprint density at radius 2 is 2.20 bits per heavy atom. The summed E-state index contributed by atoms with van der Waals surface area (Å²) in [7, 11) is 0. The van der Waals surface area contributed by atoms with Gasteiger partial charge in [0.25, 0.3) is 5.91 Å². The fourth-order valence-corrected chi connectivity index (χ4v) is 2.01. The minimum Gasteiger partial charge on any atom is -0.339 e. The first-order valence-corrected chi connectivity index (χ1v) is 5.56. The third-order valence-electron chi connectivity index (χ3n) is 2.85. The number of aryl methyl sites for hydroxylation is 1. The van der Waals surface area contributed by atoms with Gasteiger partial charge in [0.2, 0.25) is 0 Å². The third kappa shape index (κ3) is 2.01. The standard InChI is InChI=1S/C12H16N2O/c1-2-11-10(6-5-7-13-11)12(15)14-8-3-4-9-14/h5-7H,2-4,8-9H2,1H3. The molecule has 0 bridgehead atoms. The monoisotopic (exact) mass is 204 g/mol. The minimum absolute atomic E-state index is 0.150. The molecule has 1 aliphatic heterocycles. The number of nitrogens with zero attached hydrogens (tertiary/aromatic N) is 2. The second kappa shape index (κ2) is 4.43. The van der Waals surface area contributed by atoms with Gasteiger partial charge in [-0.3, -0.25) is 9.78 Å². The van der Waals surface area contributed by atoms with Crippen molar-refractivity contribution >= 4 is 5.91 Å². The van der Waals surface area contributed by atoms with Crippen LogP contribution >= 0.6 is 0 Å². The molecule has 3 heteroatoms. The van der Waals surface area contributed by atoms with E-state index in [1.54, 1.807) is 6.20 Å². The summed E-state index contributed by atoms with van der Waals surface area (Å²) in [4.78, 5) is 18.3. The molecule has 1 aliphatic rings. The lowest BCUT2D eigenvalue weighted by Crippen LogP contribution is -2.28. The van der Waals surface area contributed by atoms with Crippen molar-refractivity contribution in [3.63, 3.8) is 0 Å². The molecule has 80 valence electrons. The van der Waals surface area contributed by atoms with Crippen LogP contribution in [0.2, 0.25) is 0 Å². The average molecular weight is 204 g/mol.